The average molecular weight is 342 g/mol. The minimum Gasteiger partial charge on any atom is -0.452 e. The predicted molar refractivity (Wildman–Crippen MR) is 92.6 cm³/mol. The van der Waals surface area contributed by atoms with Gasteiger partial charge in [-0.3, -0.25) is 14.9 Å². The first-order valence-corrected chi connectivity index (χ1v) is 7.71. The second-order valence-electron chi connectivity index (χ2n) is 5.43. The van der Waals surface area contributed by atoms with Crippen molar-refractivity contribution in [1.82, 2.24) is 0 Å². The standard InChI is InChI=1S/C18H18N2O5/c1-3-13-4-7-15(8-5-13)19-17(21)11-25-18(22)14-6-9-16(20(23)24)12(2)10-14/h4-10H,3,11H2,1-2H3,(H,19,21). The van der Waals surface area contributed by atoms with Gasteiger partial charge in [-0.05, 0) is 43.2 Å². The van der Waals surface area contributed by atoms with E-state index in [0.29, 0.717) is 11.3 Å². The lowest BCUT2D eigenvalue weighted by Gasteiger charge is -2.08. The summed E-state index contributed by atoms with van der Waals surface area (Å²) in [6.07, 6.45) is 0.903. The number of nitrogens with one attached hydrogen (secondary N) is 1. The van der Waals surface area contributed by atoms with E-state index in [1.165, 1.54) is 25.1 Å². The van der Waals surface area contributed by atoms with E-state index in [1.807, 2.05) is 19.1 Å². The minimum absolute atomic E-state index is 0.0789. The van der Waals surface area contributed by atoms with E-state index in [4.69, 9.17) is 4.74 Å². The quantitative estimate of drug-likeness (QED) is 0.493. The van der Waals surface area contributed by atoms with Crippen LogP contribution in [0.3, 0.4) is 0 Å². The van der Waals surface area contributed by atoms with Crippen LogP contribution in [-0.2, 0) is 16.0 Å². The Balaban J connectivity index is 1.91. The molecule has 2 aromatic rings. The molecule has 130 valence electrons. The molecule has 0 aliphatic carbocycles. The number of anilines is 1. The number of carbonyl (C=O) groups is 2. The molecule has 0 aromatic heterocycles. The summed E-state index contributed by atoms with van der Waals surface area (Å²) in [5, 5.41) is 13.4. The SMILES string of the molecule is CCc1ccc(NC(=O)COC(=O)c2ccc([N+](=O)[O-])c(C)c2)cc1. The summed E-state index contributed by atoms with van der Waals surface area (Å²) in [6, 6.07) is 11.3. The molecule has 7 nitrogen and oxygen atoms in total. The van der Waals surface area contributed by atoms with Crippen LogP contribution in [0.1, 0.15) is 28.4 Å². The van der Waals surface area contributed by atoms with Crippen molar-refractivity contribution in [2.45, 2.75) is 20.3 Å². The second-order valence-corrected chi connectivity index (χ2v) is 5.43. The highest BCUT2D eigenvalue weighted by atomic mass is 16.6. The number of hydrogen-bond donors (Lipinski definition) is 1. The van der Waals surface area contributed by atoms with Gasteiger partial charge in [0.25, 0.3) is 11.6 Å². The third-order valence-corrected chi connectivity index (χ3v) is 3.61. The lowest BCUT2D eigenvalue weighted by Crippen LogP contribution is -2.21. The molecule has 2 rings (SSSR count). The van der Waals surface area contributed by atoms with E-state index < -0.39 is 23.4 Å². The van der Waals surface area contributed by atoms with Crippen molar-refractivity contribution in [2.24, 2.45) is 0 Å². The van der Waals surface area contributed by atoms with Crippen molar-refractivity contribution < 1.29 is 19.2 Å². The van der Waals surface area contributed by atoms with Crippen molar-refractivity contribution in [3.05, 3.63) is 69.3 Å². The van der Waals surface area contributed by atoms with Crippen molar-refractivity contribution >= 4 is 23.3 Å². The maximum Gasteiger partial charge on any atom is 0.338 e. The molecule has 7 heteroatoms. The maximum absolute atomic E-state index is 11.9. The van der Waals surface area contributed by atoms with Gasteiger partial charge in [0.2, 0.25) is 0 Å². The first-order chi connectivity index (χ1) is 11.9. The van der Waals surface area contributed by atoms with Gasteiger partial charge in [-0.15, -0.1) is 0 Å². The molecule has 0 atom stereocenters. The largest absolute Gasteiger partial charge is 0.452 e. The summed E-state index contributed by atoms with van der Waals surface area (Å²) >= 11 is 0. The van der Waals surface area contributed by atoms with Crippen molar-refractivity contribution in [1.29, 1.82) is 0 Å². The first-order valence-electron chi connectivity index (χ1n) is 7.71. The molecule has 1 N–H and O–H groups in total. The Morgan fingerprint density at radius 2 is 1.84 bits per heavy atom. The van der Waals surface area contributed by atoms with Gasteiger partial charge < -0.3 is 10.1 Å². The average Bonchev–Trinajstić information content (AvgIpc) is 2.60. The number of carbonyl (C=O) groups excluding carboxylic acids is 2. The zero-order valence-electron chi connectivity index (χ0n) is 13.9. The molecule has 0 saturated carbocycles. The lowest BCUT2D eigenvalue weighted by molar-refractivity contribution is -0.385. The molecule has 0 aliphatic rings. The molecule has 0 unspecified atom stereocenters. The molecule has 0 bridgehead atoms. The summed E-state index contributed by atoms with van der Waals surface area (Å²) in [5.41, 5.74) is 2.19. The van der Waals surface area contributed by atoms with E-state index in [9.17, 15) is 19.7 Å². The Kier molecular flexibility index (Phi) is 5.84. The van der Waals surface area contributed by atoms with Crippen LogP contribution in [0.4, 0.5) is 11.4 Å². The zero-order valence-corrected chi connectivity index (χ0v) is 13.9. The molecule has 1 amide bonds. The summed E-state index contributed by atoms with van der Waals surface area (Å²) in [5.74, 6) is -1.18. The third-order valence-electron chi connectivity index (χ3n) is 3.61. The Morgan fingerprint density at radius 1 is 1.16 bits per heavy atom. The number of ether oxygens (including phenoxy) is 1. The van der Waals surface area contributed by atoms with Crippen LogP contribution in [0.2, 0.25) is 0 Å². The van der Waals surface area contributed by atoms with E-state index in [-0.39, 0.29) is 11.3 Å². The number of nitro groups is 1. The normalized spacial score (nSPS) is 10.2. The van der Waals surface area contributed by atoms with Gasteiger partial charge in [0.15, 0.2) is 6.61 Å². The highest BCUT2D eigenvalue weighted by Crippen LogP contribution is 2.19. The lowest BCUT2D eigenvalue weighted by atomic mass is 10.1. The molecule has 25 heavy (non-hydrogen) atoms. The number of rotatable bonds is 6. The summed E-state index contributed by atoms with van der Waals surface area (Å²) < 4.78 is 4.94. The zero-order chi connectivity index (χ0) is 18.4. The van der Waals surface area contributed by atoms with Crippen LogP contribution in [0.5, 0.6) is 0 Å². The fourth-order valence-electron chi connectivity index (χ4n) is 2.22. The van der Waals surface area contributed by atoms with Crippen LogP contribution >= 0.6 is 0 Å². The monoisotopic (exact) mass is 342 g/mol. The van der Waals surface area contributed by atoms with Gasteiger partial charge in [-0.2, -0.15) is 0 Å². The number of nitro benzene ring substituents is 1. The van der Waals surface area contributed by atoms with Crippen molar-refractivity contribution in [3.63, 3.8) is 0 Å². The van der Waals surface area contributed by atoms with Gasteiger partial charge in [-0.25, -0.2) is 4.79 Å². The maximum atomic E-state index is 11.9. The molecular formula is C18H18N2O5. The van der Waals surface area contributed by atoms with Gasteiger partial charge in [0.05, 0.1) is 10.5 Å². The first kappa shape index (κ1) is 18.1. The Morgan fingerprint density at radius 3 is 2.40 bits per heavy atom. The van der Waals surface area contributed by atoms with Crippen LogP contribution in [0.25, 0.3) is 0 Å². The van der Waals surface area contributed by atoms with Gasteiger partial charge in [0.1, 0.15) is 0 Å². The molecule has 0 aliphatic heterocycles. The smallest absolute Gasteiger partial charge is 0.338 e. The van der Waals surface area contributed by atoms with Gasteiger partial charge in [0, 0.05) is 17.3 Å². The van der Waals surface area contributed by atoms with E-state index in [1.54, 1.807) is 12.1 Å². The van der Waals surface area contributed by atoms with Crippen molar-refractivity contribution in [2.75, 3.05) is 11.9 Å². The molecule has 0 heterocycles. The van der Waals surface area contributed by atoms with Gasteiger partial charge >= 0.3 is 5.97 Å². The van der Waals surface area contributed by atoms with Crippen LogP contribution in [-0.4, -0.2) is 23.4 Å². The summed E-state index contributed by atoms with van der Waals surface area (Å²) in [6.45, 7) is 3.12. The number of hydrogen-bond acceptors (Lipinski definition) is 5. The number of esters is 1. The number of amides is 1. The number of nitrogens with zero attached hydrogens (tertiary/aromatic N) is 1. The van der Waals surface area contributed by atoms with E-state index in [2.05, 4.69) is 5.32 Å². The predicted octanol–water partition coefficient (Wildman–Crippen LogP) is 3.26. The fourth-order valence-corrected chi connectivity index (χ4v) is 2.22. The topological polar surface area (TPSA) is 98.5 Å². The summed E-state index contributed by atoms with van der Waals surface area (Å²) in [7, 11) is 0. The van der Waals surface area contributed by atoms with E-state index in [0.717, 1.165) is 12.0 Å². The minimum atomic E-state index is -0.713. The van der Waals surface area contributed by atoms with E-state index >= 15 is 0 Å². The Bertz CT molecular complexity index is 800. The Labute approximate surface area is 144 Å². The van der Waals surface area contributed by atoms with Gasteiger partial charge in [-0.1, -0.05) is 19.1 Å². The third kappa shape index (κ3) is 4.87. The Hall–Kier alpha value is -3.22. The molecular weight excluding hydrogens is 324 g/mol. The molecule has 0 radical (unpaired) electrons. The van der Waals surface area contributed by atoms with Crippen LogP contribution < -0.4 is 5.32 Å². The highest BCUT2D eigenvalue weighted by Gasteiger charge is 2.15. The molecule has 0 fully saturated rings. The van der Waals surface area contributed by atoms with Crippen LogP contribution in [0.15, 0.2) is 42.5 Å². The molecule has 0 saturated heterocycles. The molecule has 0 spiro atoms. The number of aryl methyl sites for hydroxylation is 2. The van der Waals surface area contributed by atoms with Crippen molar-refractivity contribution in [3.8, 4) is 0 Å². The number of benzene rings is 2. The fraction of sp³-hybridized carbons (Fsp3) is 0.222. The highest BCUT2D eigenvalue weighted by molar-refractivity contribution is 5.95. The van der Waals surface area contributed by atoms with Crippen LogP contribution in [0, 0.1) is 17.0 Å². The summed E-state index contributed by atoms with van der Waals surface area (Å²) in [4.78, 5) is 34.0. The molecule has 2 aromatic carbocycles. The second kappa shape index (κ2) is 8.05.